The first-order valence-corrected chi connectivity index (χ1v) is 8.67. The molecule has 0 unspecified atom stereocenters. The topological polar surface area (TPSA) is 170 Å². The molecule has 1 heterocycles. The first kappa shape index (κ1) is 22.6. The normalized spacial score (nSPS) is 11.3. The van der Waals surface area contributed by atoms with Crippen LogP contribution in [0.2, 0.25) is 0 Å². The number of hydrogen-bond donors (Lipinski definition) is 6. The molecule has 0 radical (unpaired) electrons. The third kappa shape index (κ3) is 9.86. The Morgan fingerprint density at radius 2 is 1.50 bits per heavy atom. The Labute approximate surface area is 164 Å². The number of rotatable bonds is 10. The quantitative estimate of drug-likeness (QED) is 0.0864. The van der Waals surface area contributed by atoms with E-state index in [4.69, 9.17) is 10.5 Å². The highest BCUT2D eigenvalue weighted by molar-refractivity contribution is 5.81. The van der Waals surface area contributed by atoms with Gasteiger partial charge in [0.1, 0.15) is 0 Å². The van der Waals surface area contributed by atoms with Crippen molar-refractivity contribution in [3.8, 4) is 12.4 Å². The van der Waals surface area contributed by atoms with Gasteiger partial charge < -0.3 is 21.3 Å². The molecule has 0 aliphatic rings. The lowest BCUT2D eigenvalue weighted by molar-refractivity contribution is 0.642. The lowest BCUT2D eigenvalue weighted by Crippen LogP contribution is -2.38. The van der Waals surface area contributed by atoms with E-state index >= 15 is 0 Å². The molecule has 1 aromatic rings. The highest BCUT2D eigenvalue weighted by Crippen LogP contribution is 1.99. The van der Waals surface area contributed by atoms with Gasteiger partial charge in [0.2, 0.25) is 11.9 Å². The number of nitriles is 2. The first-order valence-electron chi connectivity index (χ1n) is 8.67. The molecule has 12 heteroatoms. The van der Waals surface area contributed by atoms with Crippen LogP contribution in [0.1, 0.15) is 11.3 Å². The van der Waals surface area contributed by atoms with E-state index in [-0.39, 0.29) is 0 Å². The molecule has 0 spiro atoms. The summed E-state index contributed by atoms with van der Waals surface area (Å²) in [4.78, 5) is 7.80. The maximum atomic E-state index is 8.56. The van der Waals surface area contributed by atoms with Gasteiger partial charge in [0.15, 0.2) is 12.4 Å². The molecule has 28 heavy (non-hydrogen) atoms. The minimum atomic E-state index is 0.437. The number of nitrogens with one attached hydrogen (secondary N) is 6. The van der Waals surface area contributed by atoms with E-state index in [1.54, 1.807) is 20.3 Å². The fraction of sp³-hybridized carbons (Fsp3) is 0.500. The summed E-state index contributed by atoms with van der Waals surface area (Å²) in [5.41, 5.74) is 1.87. The predicted octanol–water partition coefficient (Wildman–Crippen LogP) is -2.05. The van der Waals surface area contributed by atoms with Crippen molar-refractivity contribution in [3.63, 3.8) is 0 Å². The van der Waals surface area contributed by atoms with Crippen molar-refractivity contribution in [1.29, 1.82) is 10.5 Å². The molecule has 0 saturated carbocycles. The second kappa shape index (κ2) is 14.7. The van der Waals surface area contributed by atoms with Crippen LogP contribution in [0.15, 0.2) is 22.2 Å². The van der Waals surface area contributed by atoms with Gasteiger partial charge in [-0.15, -0.1) is 0 Å². The van der Waals surface area contributed by atoms with Crippen molar-refractivity contribution in [2.24, 2.45) is 9.98 Å². The van der Waals surface area contributed by atoms with Crippen molar-refractivity contribution < 1.29 is 0 Å². The minimum absolute atomic E-state index is 0.437. The number of hydrogen-bond acceptors (Lipinski definition) is 8. The lowest BCUT2D eigenvalue weighted by Gasteiger charge is -2.09. The zero-order valence-electron chi connectivity index (χ0n) is 16.1. The van der Waals surface area contributed by atoms with Crippen LogP contribution in [0.25, 0.3) is 0 Å². The molecule has 0 atom stereocenters. The summed E-state index contributed by atoms with van der Waals surface area (Å²) in [5, 5.41) is 42.7. The Morgan fingerprint density at radius 1 is 0.929 bits per heavy atom. The summed E-state index contributed by atoms with van der Waals surface area (Å²) in [6.45, 7) is 3.88. The molecule has 0 saturated heterocycles. The third-order valence-corrected chi connectivity index (χ3v) is 3.38. The molecule has 0 aromatic carbocycles. The van der Waals surface area contributed by atoms with Crippen LogP contribution in [0, 0.1) is 22.9 Å². The smallest absolute Gasteiger partial charge is 0.204 e. The van der Waals surface area contributed by atoms with E-state index < -0.39 is 0 Å². The van der Waals surface area contributed by atoms with Crippen molar-refractivity contribution in [2.45, 2.75) is 13.1 Å². The first-order chi connectivity index (χ1) is 13.7. The fourth-order valence-corrected chi connectivity index (χ4v) is 2.09. The highest BCUT2D eigenvalue weighted by atomic mass is 15.2. The summed E-state index contributed by atoms with van der Waals surface area (Å²) in [5.74, 6) is 0.880. The molecule has 12 nitrogen and oxygen atoms in total. The van der Waals surface area contributed by atoms with Gasteiger partial charge in [-0.25, -0.2) is 0 Å². The summed E-state index contributed by atoms with van der Waals surface area (Å²) in [7, 11) is 3.21. The second-order valence-electron chi connectivity index (χ2n) is 5.38. The number of guanidine groups is 2. The van der Waals surface area contributed by atoms with E-state index in [0.29, 0.717) is 51.2 Å². The fourth-order valence-electron chi connectivity index (χ4n) is 2.09. The summed E-state index contributed by atoms with van der Waals surface area (Å²) in [6.07, 6.45) is 5.36. The van der Waals surface area contributed by atoms with Gasteiger partial charge >= 0.3 is 0 Å². The van der Waals surface area contributed by atoms with Crippen LogP contribution >= 0.6 is 0 Å². The molecule has 1 aromatic heterocycles. The third-order valence-electron chi connectivity index (χ3n) is 3.38. The molecule has 0 amide bonds. The Kier molecular flexibility index (Phi) is 11.8. The van der Waals surface area contributed by atoms with E-state index in [2.05, 4.69) is 52.1 Å². The average molecular weight is 386 g/mol. The molecule has 0 bridgehead atoms. The molecule has 0 aliphatic carbocycles. The van der Waals surface area contributed by atoms with Gasteiger partial charge in [-0.3, -0.25) is 20.6 Å². The van der Waals surface area contributed by atoms with E-state index in [1.807, 2.05) is 18.5 Å². The summed E-state index contributed by atoms with van der Waals surface area (Å²) < 4.78 is 0. The van der Waals surface area contributed by atoms with Gasteiger partial charge in [-0.1, -0.05) is 0 Å². The van der Waals surface area contributed by atoms with Crippen LogP contribution < -0.4 is 31.9 Å². The minimum Gasteiger partial charge on any atom is -0.354 e. The van der Waals surface area contributed by atoms with Gasteiger partial charge in [-0.2, -0.15) is 20.7 Å². The van der Waals surface area contributed by atoms with Crippen LogP contribution in [-0.2, 0) is 13.1 Å². The van der Waals surface area contributed by atoms with E-state index in [0.717, 1.165) is 11.3 Å². The van der Waals surface area contributed by atoms with Gasteiger partial charge in [0.05, 0.1) is 11.9 Å². The zero-order chi connectivity index (χ0) is 20.5. The molecule has 0 aliphatic heterocycles. The molecular formula is C16H26N12. The van der Waals surface area contributed by atoms with Gasteiger partial charge in [0, 0.05) is 53.4 Å². The van der Waals surface area contributed by atoms with Crippen LogP contribution in [0.4, 0.5) is 0 Å². The van der Waals surface area contributed by atoms with E-state index in [1.165, 1.54) is 0 Å². The van der Waals surface area contributed by atoms with Crippen molar-refractivity contribution in [3.05, 3.63) is 23.5 Å². The highest BCUT2D eigenvalue weighted by Gasteiger charge is 2.00. The Morgan fingerprint density at radius 3 is 2.04 bits per heavy atom. The number of aliphatic imine (C=N–C) groups is 2. The second-order valence-corrected chi connectivity index (χ2v) is 5.38. The Bertz CT molecular complexity index is 658. The number of aromatic nitrogens is 2. The monoisotopic (exact) mass is 386 g/mol. The maximum Gasteiger partial charge on any atom is 0.204 e. The van der Waals surface area contributed by atoms with Crippen molar-refractivity contribution in [1.82, 2.24) is 42.1 Å². The van der Waals surface area contributed by atoms with Crippen molar-refractivity contribution in [2.75, 3.05) is 40.3 Å². The summed E-state index contributed by atoms with van der Waals surface area (Å²) in [6, 6.07) is 1.99. The van der Waals surface area contributed by atoms with Crippen LogP contribution in [0.5, 0.6) is 0 Å². The Balaban J connectivity index is 2.23. The van der Waals surface area contributed by atoms with Crippen molar-refractivity contribution >= 4 is 11.9 Å². The maximum absolute atomic E-state index is 8.56. The predicted molar refractivity (Wildman–Crippen MR) is 106 cm³/mol. The standard InChI is InChI=1S/C16H26N12/c1-19-15(25-11-17)23-5-3-21-8-13-7-14(28-27-9-13)10-22-4-6-24-16(20-2)26-12-18/h7,9,21-22H,3-6,8,10H2,1-2H3,(H2,19,23,25)(H2,20,24,26). The molecule has 150 valence electrons. The molecular weight excluding hydrogens is 360 g/mol. The Hall–Kier alpha value is -3.48. The SMILES string of the molecule is CN=C(NC#N)NCCNCc1cnnc(CNCCNC(=NC)NC#N)c1. The van der Waals surface area contributed by atoms with Gasteiger partial charge in [-0.05, 0) is 11.6 Å². The lowest BCUT2D eigenvalue weighted by atomic mass is 10.2. The largest absolute Gasteiger partial charge is 0.354 e. The molecule has 0 fully saturated rings. The molecule has 1 rings (SSSR count). The number of nitrogens with zero attached hydrogens (tertiary/aromatic N) is 6. The molecule has 6 N–H and O–H groups in total. The average Bonchev–Trinajstić information content (AvgIpc) is 2.72. The van der Waals surface area contributed by atoms with Gasteiger partial charge in [0.25, 0.3) is 0 Å². The van der Waals surface area contributed by atoms with E-state index in [9.17, 15) is 0 Å². The summed E-state index contributed by atoms with van der Waals surface area (Å²) >= 11 is 0. The zero-order valence-corrected chi connectivity index (χ0v) is 16.1. The van der Waals surface area contributed by atoms with Crippen LogP contribution in [0.3, 0.4) is 0 Å². The van der Waals surface area contributed by atoms with Crippen LogP contribution in [-0.4, -0.2) is 62.4 Å².